The smallest absolute Gasteiger partial charge is 0.489 e. The molecular weight excluding hydrogens is 269 g/mol. The zero-order valence-electron chi connectivity index (χ0n) is 9.02. The summed E-state index contributed by atoms with van der Waals surface area (Å²) in [6.07, 6.45) is 0. The van der Waals surface area contributed by atoms with Gasteiger partial charge in [-0.1, -0.05) is 6.07 Å². The van der Waals surface area contributed by atoms with Crippen LogP contribution in [0.4, 0.5) is 21.7 Å². The molecule has 0 spiro atoms. The zero-order chi connectivity index (χ0) is 12.3. The Morgan fingerprint density at radius 1 is 1.24 bits per heavy atom. The minimum atomic E-state index is -5.23. The molecule has 0 unspecified atom stereocenters. The largest absolute Gasteiger partial charge is 1.00 e. The molecule has 0 saturated heterocycles. The van der Waals surface area contributed by atoms with Gasteiger partial charge >= 0.3 is 58.4 Å². The summed E-state index contributed by atoms with van der Waals surface area (Å²) in [4.78, 5) is 0. The molecule has 0 atom stereocenters. The van der Waals surface area contributed by atoms with Crippen LogP contribution in [0, 0.1) is 11.6 Å². The number of rotatable bonds is 4. The van der Waals surface area contributed by atoms with Gasteiger partial charge in [0.1, 0.15) is 0 Å². The summed E-state index contributed by atoms with van der Waals surface area (Å²) < 4.78 is 66.2. The molecule has 17 heavy (non-hydrogen) atoms. The molecule has 0 N–H and O–H groups in total. The fourth-order valence-electron chi connectivity index (χ4n) is 0.860. The van der Waals surface area contributed by atoms with Crippen molar-refractivity contribution in [3.63, 3.8) is 0 Å². The van der Waals surface area contributed by atoms with Crippen molar-refractivity contribution in [2.45, 2.75) is 0 Å². The monoisotopic (exact) mass is 276 g/mol. The minimum Gasteiger partial charge on any atom is -0.489 e. The van der Waals surface area contributed by atoms with Crippen LogP contribution < -0.4 is 56.1 Å². The molecule has 1 aromatic carbocycles. The molecule has 0 fully saturated rings. The maximum absolute atomic E-state index is 12.9. The van der Waals surface area contributed by atoms with Crippen molar-refractivity contribution in [1.29, 1.82) is 0 Å². The first-order valence-electron chi connectivity index (χ1n) is 4.27. The molecule has 0 aliphatic carbocycles. The first-order valence-corrected chi connectivity index (χ1v) is 4.27. The standard InChI is InChI=1S/C9H7BF5O.K/c1-6(10(13,14)15)5-16-8-4-2-3-7(11)9(8)12;/h2-4H,1,5H2;/q-1;+1. The topological polar surface area (TPSA) is 9.23 Å². The molecule has 0 bridgehead atoms. The molecule has 1 rings (SSSR count). The van der Waals surface area contributed by atoms with Crippen LogP contribution in [0.2, 0.25) is 0 Å². The second-order valence-corrected chi connectivity index (χ2v) is 3.07. The Morgan fingerprint density at radius 2 is 1.82 bits per heavy atom. The van der Waals surface area contributed by atoms with Gasteiger partial charge in [0.25, 0.3) is 0 Å². The summed E-state index contributed by atoms with van der Waals surface area (Å²) in [6.45, 7) is -3.38. The third-order valence-corrected chi connectivity index (χ3v) is 1.79. The Kier molecular flexibility index (Phi) is 6.93. The Bertz CT molecular complexity index is 407. The van der Waals surface area contributed by atoms with Crippen molar-refractivity contribution in [2.24, 2.45) is 0 Å². The van der Waals surface area contributed by atoms with Crippen molar-refractivity contribution >= 4 is 6.98 Å². The van der Waals surface area contributed by atoms with Crippen molar-refractivity contribution in [2.75, 3.05) is 6.61 Å². The summed E-state index contributed by atoms with van der Waals surface area (Å²) in [7, 11) is 0. The van der Waals surface area contributed by atoms with Crippen molar-refractivity contribution in [3.8, 4) is 5.75 Å². The van der Waals surface area contributed by atoms with Crippen LogP contribution in [0.1, 0.15) is 0 Å². The van der Waals surface area contributed by atoms with Crippen LogP contribution in [-0.2, 0) is 0 Å². The van der Waals surface area contributed by atoms with E-state index in [1.165, 1.54) is 0 Å². The molecule has 0 amide bonds. The van der Waals surface area contributed by atoms with Crippen LogP contribution in [-0.4, -0.2) is 13.6 Å². The Hall–Kier alpha value is 0.111. The van der Waals surface area contributed by atoms with E-state index in [1.807, 2.05) is 0 Å². The maximum atomic E-state index is 12.9. The first-order chi connectivity index (χ1) is 7.32. The molecule has 1 nitrogen and oxygen atoms in total. The third kappa shape index (κ3) is 5.09. The Morgan fingerprint density at radius 3 is 2.35 bits per heavy atom. The van der Waals surface area contributed by atoms with Crippen LogP contribution in [0.25, 0.3) is 0 Å². The number of ether oxygens (including phenoxy) is 1. The van der Waals surface area contributed by atoms with E-state index in [4.69, 9.17) is 0 Å². The Balaban J connectivity index is 0.00000256. The molecule has 88 valence electrons. The van der Waals surface area contributed by atoms with E-state index in [1.54, 1.807) is 0 Å². The number of halogens is 5. The van der Waals surface area contributed by atoms with E-state index in [0.29, 0.717) is 0 Å². The molecule has 0 radical (unpaired) electrons. The van der Waals surface area contributed by atoms with E-state index >= 15 is 0 Å². The second kappa shape index (κ2) is 6.89. The van der Waals surface area contributed by atoms with Crippen LogP contribution in [0.5, 0.6) is 5.75 Å². The zero-order valence-corrected chi connectivity index (χ0v) is 12.1. The Labute approximate surface area is 138 Å². The van der Waals surface area contributed by atoms with Gasteiger partial charge < -0.3 is 17.7 Å². The quantitative estimate of drug-likeness (QED) is 0.567. The van der Waals surface area contributed by atoms with Gasteiger partial charge in [-0.25, -0.2) is 4.39 Å². The predicted molar refractivity (Wildman–Crippen MR) is 50.1 cm³/mol. The van der Waals surface area contributed by atoms with Gasteiger partial charge in [-0.05, 0) is 12.1 Å². The summed E-state index contributed by atoms with van der Waals surface area (Å²) >= 11 is 0. The molecule has 1 aromatic rings. The third-order valence-electron chi connectivity index (χ3n) is 1.79. The minimum absolute atomic E-state index is 0. The average molecular weight is 276 g/mol. The van der Waals surface area contributed by atoms with E-state index in [9.17, 15) is 21.7 Å². The first kappa shape index (κ1) is 17.1. The molecular formula is C9H7BF5KO. The van der Waals surface area contributed by atoms with Gasteiger partial charge in [-0.2, -0.15) is 4.39 Å². The van der Waals surface area contributed by atoms with Crippen LogP contribution in [0.3, 0.4) is 0 Å². The van der Waals surface area contributed by atoms with E-state index < -0.39 is 36.4 Å². The average Bonchev–Trinajstić information content (AvgIpc) is 2.18. The summed E-state index contributed by atoms with van der Waals surface area (Å²) in [5.74, 6) is -3.06. The van der Waals surface area contributed by atoms with Gasteiger partial charge in [0.05, 0.1) is 6.61 Å². The van der Waals surface area contributed by atoms with Crippen LogP contribution >= 0.6 is 0 Å². The molecule has 0 aromatic heterocycles. The van der Waals surface area contributed by atoms with Crippen molar-refractivity contribution < 1.29 is 77.8 Å². The fourth-order valence-corrected chi connectivity index (χ4v) is 0.860. The van der Waals surface area contributed by atoms with Gasteiger partial charge in [0.15, 0.2) is 11.6 Å². The van der Waals surface area contributed by atoms with E-state index in [2.05, 4.69) is 11.3 Å². The van der Waals surface area contributed by atoms with Crippen molar-refractivity contribution in [1.82, 2.24) is 0 Å². The summed E-state index contributed by atoms with van der Waals surface area (Å²) in [5.41, 5.74) is -1.11. The number of hydrogen-bond acceptors (Lipinski definition) is 1. The van der Waals surface area contributed by atoms with E-state index in [0.717, 1.165) is 18.2 Å². The van der Waals surface area contributed by atoms with Gasteiger partial charge in [0.2, 0.25) is 5.82 Å². The summed E-state index contributed by atoms with van der Waals surface area (Å²) in [6, 6.07) is 3.01. The van der Waals surface area contributed by atoms with Crippen LogP contribution in [0.15, 0.2) is 30.3 Å². The molecule has 0 saturated carbocycles. The van der Waals surface area contributed by atoms with Gasteiger partial charge in [0, 0.05) is 0 Å². The fraction of sp³-hybridized carbons (Fsp3) is 0.111. The van der Waals surface area contributed by atoms with E-state index in [-0.39, 0.29) is 51.4 Å². The molecule has 0 heterocycles. The predicted octanol–water partition coefficient (Wildman–Crippen LogP) is 0.290. The molecule has 0 aliphatic heterocycles. The normalized spacial score (nSPS) is 10.6. The number of benzene rings is 1. The number of hydrogen-bond donors (Lipinski definition) is 0. The second-order valence-electron chi connectivity index (χ2n) is 3.07. The van der Waals surface area contributed by atoms with Gasteiger partial charge in [-0.15, -0.1) is 12.1 Å². The molecule has 8 heteroatoms. The molecule has 0 aliphatic rings. The summed E-state index contributed by atoms with van der Waals surface area (Å²) in [5, 5.41) is 0. The SMILES string of the molecule is C=C(COc1cccc(F)c1F)[B-](F)(F)F.[K+]. The van der Waals surface area contributed by atoms with Gasteiger partial charge in [-0.3, -0.25) is 0 Å². The maximum Gasteiger partial charge on any atom is 1.00 e. The van der Waals surface area contributed by atoms with Crippen molar-refractivity contribution in [3.05, 3.63) is 41.9 Å².